The standard InChI is InChI=1S/C12H19N3O2S2/c1-2-13-12-4-3-11(8-14-12)19(16,17)15-7-10-5-6-18-9-10/h3-4,8,10,15H,2,5-7,9H2,1H3,(H,13,14). The van der Waals surface area contributed by atoms with Crippen molar-refractivity contribution in [1.29, 1.82) is 0 Å². The second-order valence-electron chi connectivity index (χ2n) is 4.49. The van der Waals surface area contributed by atoms with Crippen molar-refractivity contribution in [3.8, 4) is 0 Å². The van der Waals surface area contributed by atoms with Crippen LogP contribution in [0.5, 0.6) is 0 Å². The zero-order valence-corrected chi connectivity index (χ0v) is 12.6. The lowest BCUT2D eigenvalue weighted by atomic mass is 10.1. The van der Waals surface area contributed by atoms with Gasteiger partial charge in [-0.25, -0.2) is 18.1 Å². The maximum atomic E-state index is 12.1. The summed E-state index contributed by atoms with van der Waals surface area (Å²) < 4.78 is 26.8. The Kier molecular flexibility index (Phi) is 5.06. The Morgan fingerprint density at radius 1 is 1.47 bits per heavy atom. The Labute approximate surface area is 118 Å². The van der Waals surface area contributed by atoms with Gasteiger partial charge in [0.25, 0.3) is 0 Å². The summed E-state index contributed by atoms with van der Waals surface area (Å²) in [6, 6.07) is 3.26. The van der Waals surface area contributed by atoms with Crippen molar-refractivity contribution in [2.24, 2.45) is 5.92 Å². The molecule has 0 bridgehead atoms. The highest BCUT2D eigenvalue weighted by molar-refractivity contribution is 7.99. The van der Waals surface area contributed by atoms with Crippen LogP contribution in [0.4, 0.5) is 5.82 Å². The third kappa shape index (κ3) is 4.09. The lowest BCUT2D eigenvalue weighted by molar-refractivity contribution is 0.545. The van der Waals surface area contributed by atoms with E-state index in [0.29, 0.717) is 18.3 Å². The summed E-state index contributed by atoms with van der Waals surface area (Å²) in [7, 11) is -3.43. The molecule has 0 radical (unpaired) electrons. The maximum absolute atomic E-state index is 12.1. The number of hydrogen-bond donors (Lipinski definition) is 2. The van der Waals surface area contributed by atoms with Crippen LogP contribution in [0.15, 0.2) is 23.2 Å². The predicted octanol–water partition coefficient (Wildman–Crippen LogP) is 1.54. The van der Waals surface area contributed by atoms with Crippen molar-refractivity contribution in [2.75, 3.05) is 29.9 Å². The van der Waals surface area contributed by atoms with Gasteiger partial charge in [0.2, 0.25) is 10.0 Å². The average molecular weight is 301 g/mol. The summed E-state index contributed by atoms with van der Waals surface area (Å²) in [6.45, 7) is 3.24. The van der Waals surface area contributed by atoms with E-state index in [4.69, 9.17) is 0 Å². The van der Waals surface area contributed by atoms with Gasteiger partial charge in [-0.15, -0.1) is 0 Å². The monoisotopic (exact) mass is 301 g/mol. The van der Waals surface area contributed by atoms with E-state index in [2.05, 4.69) is 15.0 Å². The molecule has 106 valence electrons. The lowest BCUT2D eigenvalue weighted by Gasteiger charge is -2.11. The van der Waals surface area contributed by atoms with Crippen LogP contribution in [0.1, 0.15) is 13.3 Å². The fourth-order valence-electron chi connectivity index (χ4n) is 1.88. The van der Waals surface area contributed by atoms with Gasteiger partial charge in [-0.1, -0.05) is 0 Å². The van der Waals surface area contributed by atoms with Crippen LogP contribution in [0.2, 0.25) is 0 Å². The number of aromatic nitrogens is 1. The third-order valence-corrected chi connectivity index (χ3v) is 5.63. The fraction of sp³-hybridized carbons (Fsp3) is 0.583. The number of rotatable bonds is 6. The normalized spacial score (nSPS) is 19.5. The van der Waals surface area contributed by atoms with Gasteiger partial charge in [0.1, 0.15) is 10.7 Å². The van der Waals surface area contributed by atoms with Gasteiger partial charge in [-0.3, -0.25) is 0 Å². The van der Waals surface area contributed by atoms with Gasteiger partial charge in [0, 0.05) is 19.3 Å². The molecule has 2 N–H and O–H groups in total. The molecule has 1 aromatic heterocycles. The van der Waals surface area contributed by atoms with Crippen molar-refractivity contribution in [3.63, 3.8) is 0 Å². The lowest BCUT2D eigenvalue weighted by Crippen LogP contribution is -2.29. The molecule has 0 saturated carbocycles. The summed E-state index contributed by atoms with van der Waals surface area (Å²) in [5.41, 5.74) is 0. The van der Waals surface area contributed by atoms with Crippen molar-refractivity contribution < 1.29 is 8.42 Å². The highest BCUT2D eigenvalue weighted by Gasteiger charge is 2.20. The molecule has 0 aromatic carbocycles. The van der Waals surface area contributed by atoms with Crippen LogP contribution >= 0.6 is 11.8 Å². The summed E-state index contributed by atoms with van der Waals surface area (Å²) in [5.74, 6) is 3.31. The molecule has 1 atom stereocenters. The number of thioether (sulfide) groups is 1. The summed E-state index contributed by atoms with van der Waals surface area (Å²) in [6.07, 6.45) is 2.48. The van der Waals surface area contributed by atoms with E-state index in [1.165, 1.54) is 6.20 Å². The fourth-order valence-corrected chi connectivity index (χ4v) is 4.23. The molecule has 1 aliphatic heterocycles. The van der Waals surface area contributed by atoms with E-state index < -0.39 is 10.0 Å². The minimum atomic E-state index is -3.43. The van der Waals surface area contributed by atoms with Gasteiger partial charge in [0.15, 0.2) is 0 Å². The van der Waals surface area contributed by atoms with Crippen LogP contribution in [-0.2, 0) is 10.0 Å². The van der Waals surface area contributed by atoms with Crippen LogP contribution in [-0.4, -0.2) is 38.0 Å². The molecule has 1 unspecified atom stereocenters. The Balaban J connectivity index is 1.97. The van der Waals surface area contributed by atoms with Crippen molar-refractivity contribution in [3.05, 3.63) is 18.3 Å². The number of hydrogen-bond acceptors (Lipinski definition) is 5. The number of nitrogens with one attached hydrogen (secondary N) is 2. The minimum Gasteiger partial charge on any atom is -0.370 e. The molecule has 1 fully saturated rings. The molecule has 5 nitrogen and oxygen atoms in total. The third-order valence-electron chi connectivity index (χ3n) is 2.99. The highest BCUT2D eigenvalue weighted by Crippen LogP contribution is 2.23. The molecule has 2 heterocycles. The zero-order valence-electron chi connectivity index (χ0n) is 10.9. The first-order valence-corrected chi connectivity index (χ1v) is 9.03. The van der Waals surface area contributed by atoms with E-state index in [0.717, 1.165) is 24.5 Å². The molecule has 0 amide bonds. The molecule has 7 heteroatoms. The Morgan fingerprint density at radius 2 is 2.32 bits per heavy atom. The first kappa shape index (κ1) is 14.6. The second kappa shape index (κ2) is 6.58. The van der Waals surface area contributed by atoms with E-state index in [1.54, 1.807) is 12.1 Å². The van der Waals surface area contributed by atoms with Gasteiger partial charge in [-0.2, -0.15) is 11.8 Å². The van der Waals surface area contributed by atoms with Crippen molar-refractivity contribution in [1.82, 2.24) is 9.71 Å². The number of nitrogens with zero attached hydrogens (tertiary/aromatic N) is 1. The number of sulfonamides is 1. The molecule has 1 aliphatic rings. The zero-order chi connectivity index (χ0) is 13.7. The number of anilines is 1. The van der Waals surface area contributed by atoms with Crippen molar-refractivity contribution >= 4 is 27.6 Å². The maximum Gasteiger partial charge on any atom is 0.242 e. The second-order valence-corrected chi connectivity index (χ2v) is 7.41. The van der Waals surface area contributed by atoms with E-state index >= 15 is 0 Å². The van der Waals surface area contributed by atoms with E-state index in [-0.39, 0.29) is 4.90 Å². The van der Waals surface area contributed by atoms with Crippen LogP contribution in [0, 0.1) is 5.92 Å². The van der Waals surface area contributed by atoms with Gasteiger partial charge >= 0.3 is 0 Å². The minimum absolute atomic E-state index is 0.222. The van der Waals surface area contributed by atoms with Gasteiger partial charge in [0.05, 0.1) is 0 Å². The smallest absolute Gasteiger partial charge is 0.242 e. The Morgan fingerprint density at radius 3 is 2.89 bits per heavy atom. The largest absolute Gasteiger partial charge is 0.370 e. The molecular weight excluding hydrogens is 282 g/mol. The first-order valence-electron chi connectivity index (χ1n) is 6.39. The van der Waals surface area contributed by atoms with Crippen LogP contribution < -0.4 is 10.0 Å². The molecule has 0 spiro atoms. The number of pyridine rings is 1. The molecule has 0 aliphatic carbocycles. The molecule has 2 rings (SSSR count). The van der Waals surface area contributed by atoms with Crippen LogP contribution in [0.25, 0.3) is 0 Å². The predicted molar refractivity (Wildman–Crippen MR) is 79.0 cm³/mol. The summed E-state index contributed by atoms with van der Waals surface area (Å²) >= 11 is 1.88. The molecule has 1 saturated heterocycles. The molecular formula is C12H19N3O2S2. The molecule has 19 heavy (non-hydrogen) atoms. The summed E-state index contributed by atoms with van der Waals surface area (Å²) in [4.78, 5) is 4.30. The first-order chi connectivity index (χ1) is 9.12. The quantitative estimate of drug-likeness (QED) is 0.834. The SMILES string of the molecule is CCNc1ccc(S(=O)(=O)NCC2CCSC2)cn1. The Hall–Kier alpha value is -0.790. The highest BCUT2D eigenvalue weighted by atomic mass is 32.2. The van der Waals surface area contributed by atoms with Gasteiger partial charge < -0.3 is 5.32 Å². The topological polar surface area (TPSA) is 71.1 Å². The van der Waals surface area contributed by atoms with Crippen LogP contribution in [0.3, 0.4) is 0 Å². The van der Waals surface area contributed by atoms with Crippen molar-refractivity contribution in [2.45, 2.75) is 18.2 Å². The molecule has 1 aromatic rings. The van der Waals surface area contributed by atoms with E-state index in [1.807, 2.05) is 18.7 Å². The summed E-state index contributed by atoms with van der Waals surface area (Å²) in [5, 5.41) is 3.03. The van der Waals surface area contributed by atoms with Gasteiger partial charge in [-0.05, 0) is 42.9 Å². The van der Waals surface area contributed by atoms with E-state index in [9.17, 15) is 8.42 Å². The average Bonchev–Trinajstić information content (AvgIpc) is 2.91. The Bertz CT molecular complexity index is 496.